The van der Waals surface area contributed by atoms with Gasteiger partial charge in [0.15, 0.2) is 0 Å². The number of carbonyl (C=O) groups is 3. The molecule has 2 atom stereocenters. The van der Waals surface area contributed by atoms with Gasteiger partial charge in [-0.2, -0.15) is 0 Å². The van der Waals surface area contributed by atoms with Crippen LogP contribution in [-0.2, 0) is 14.4 Å². The third-order valence-corrected chi connectivity index (χ3v) is 2.64. The minimum absolute atomic E-state index is 0.0469. The van der Waals surface area contributed by atoms with Crippen LogP contribution in [0.25, 0.3) is 0 Å². The van der Waals surface area contributed by atoms with Crippen molar-refractivity contribution in [1.29, 1.82) is 0 Å². The van der Waals surface area contributed by atoms with Crippen LogP contribution in [0, 0.1) is 5.92 Å². The Balaban J connectivity index is 4.07. The van der Waals surface area contributed by atoms with E-state index >= 15 is 0 Å². The highest BCUT2D eigenvalue weighted by Gasteiger charge is 2.25. The fourth-order valence-electron chi connectivity index (χ4n) is 1.33. The number of rotatable bonds is 8. The van der Waals surface area contributed by atoms with Crippen LogP contribution < -0.4 is 16.4 Å². The first-order valence-electron chi connectivity index (χ1n) is 6.29. The summed E-state index contributed by atoms with van der Waals surface area (Å²) < 4.78 is 0. The monoisotopic (exact) mass is 289 g/mol. The van der Waals surface area contributed by atoms with Gasteiger partial charge in [-0.25, -0.2) is 0 Å². The summed E-state index contributed by atoms with van der Waals surface area (Å²) in [6.07, 6.45) is -0.488. The normalized spacial score (nSPS) is 15.3. The molecule has 0 rings (SSSR count). The molecule has 0 aliphatic heterocycles. The van der Waals surface area contributed by atoms with Crippen molar-refractivity contribution in [3.05, 3.63) is 0 Å². The molecule has 0 saturated carbocycles. The number of carboxylic acids is 1. The topological polar surface area (TPSA) is 142 Å². The SMILES string of the molecule is CC(C)[C@H](N)C(=O)NCC(=O)NCC(C)(O)CC(=O)O. The molecule has 20 heavy (non-hydrogen) atoms. The highest BCUT2D eigenvalue weighted by Crippen LogP contribution is 2.07. The summed E-state index contributed by atoms with van der Waals surface area (Å²) in [6.45, 7) is 4.38. The smallest absolute Gasteiger partial charge is 0.306 e. The molecule has 116 valence electrons. The molecule has 0 saturated heterocycles. The second-order valence-electron chi connectivity index (χ2n) is 5.33. The van der Waals surface area contributed by atoms with E-state index in [-0.39, 0.29) is 19.0 Å². The molecular weight excluding hydrogens is 266 g/mol. The quantitative estimate of drug-likeness (QED) is 0.365. The lowest BCUT2D eigenvalue weighted by Gasteiger charge is -2.21. The van der Waals surface area contributed by atoms with E-state index < -0.39 is 35.8 Å². The molecule has 0 aromatic rings. The molecule has 0 spiro atoms. The Morgan fingerprint density at radius 1 is 1.25 bits per heavy atom. The zero-order chi connectivity index (χ0) is 15.9. The number of hydrogen-bond donors (Lipinski definition) is 5. The fourth-order valence-corrected chi connectivity index (χ4v) is 1.33. The predicted octanol–water partition coefficient (Wildman–Crippen LogP) is -1.57. The Morgan fingerprint density at radius 2 is 1.80 bits per heavy atom. The van der Waals surface area contributed by atoms with Gasteiger partial charge < -0.3 is 26.6 Å². The third kappa shape index (κ3) is 7.70. The average molecular weight is 289 g/mol. The second kappa shape index (κ2) is 7.81. The van der Waals surface area contributed by atoms with Gasteiger partial charge in [0.2, 0.25) is 11.8 Å². The lowest BCUT2D eigenvalue weighted by molar-refractivity contribution is -0.142. The van der Waals surface area contributed by atoms with E-state index in [0.29, 0.717) is 0 Å². The van der Waals surface area contributed by atoms with Crippen LogP contribution in [-0.4, -0.2) is 52.7 Å². The van der Waals surface area contributed by atoms with E-state index in [9.17, 15) is 19.5 Å². The molecule has 0 aliphatic carbocycles. The molecule has 8 heteroatoms. The number of aliphatic carboxylic acids is 1. The average Bonchev–Trinajstić information content (AvgIpc) is 2.30. The zero-order valence-electron chi connectivity index (χ0n) is 12.0. The standard InChI is InChI=1S/C12H23N3O5/c1-7(2)10(13)11(19)14-5-8(16)15-6-12(3,20)4-9(17)18/h7,10,20H,4-6,13H2,1-3H3,(H,14,19)(H,15,16)(H,17,18)/t10-,12?/m0/s1. The summed E-state index contributed by atoms with van der Waals surface area (Å²) in [7, 11) is 0. The maximum atomic E-state index is 11.5. The lowest BCUT2D eigenvalue weighted by Crippen LogP contribution is -2.49. The molecule has 0 aliphatic rings. The molecule has 2 amide bonds. The molecule has 8 nitrogen and oxygen atoms in total. The largest absolute Gasteiger partial charge is 0.481 e. The van der Waals surface area contributed by atoms with E-state index in [2.05, 4.69) is 10.6 Å². The molecule has 1 unspecified atom stereocenters. The van der Waals surface area contributed by atoms with E-state index in [1.165, 1.54) is 6.92 Å². The first-order chi connectivity index (χ1) is 9.05. The number of carbonyl (C=O) groups excluding carboxylic acids is 2. The molecule has 0 radical (unpaired) electrons. The molecule has 0 fully saturated rings. The van der Waals surface area contributed by atoms with Crippen molar-refractivity contribution >= 4 is 17.8 Å². The minimum atomic E-state index is -1.54. The summed E-state index contributed by atoms with van der Waals surface area (Å²) in [5.41, 5.74) is 4.05. The lowest BCUT2D eigenvalue weighted by atomic mass is 10.0. The van der Waals surface area contributed by atoms with Crippen LogP contribution >= 0.6 is 0 Å². The van der Waals surface area contributed by atoms with Gasteiger partial charge in [0, 0.05) is 6.54 Å². The van der Waals surface area contributed by atoms with Crippen molar-refractivity contribution in [2.75, 3.05) is 13.1 Å². The molecule has 0 heterocycles. The van der Waals surface area contributed by atoms with Crippen LogP contribution in [0.15, 0.2) is 0 Å². The molecule has 6 N–H and O–H groups in total. The van der Waals surface area contributed by atoms with Crippen LogP contribution in [0.1, 0.15) is 27.2 Å². The number of nitrogens with two attached hydrogens (primary N) is 1. The van der Waals surface area contributed by atoms with Gasteiger partial charge in [0.1, 0.15) is 0 Å². The number of aliphatic hydroxyl groups is 1. The summed E-state index contributed by atoms with van der Waals surface area (Å²) in [5, 5.41) is 22.9. The number of amides is 2. The van der Waals surface area contributed by atoms with Gasteiger partial charge in [-0.15, -0.1) is 0 Å². The van der Waals surface area contributed by atoms with Crippen molar-refractivity contribution in [2.24, 2.45) is 11.7 Å². The van der Waals surface area contributed by atoms with Crippen molar-refractivity contribution in [3.63, 3.8) is 0 Å². The van der Waals surface area contributed by atoms with Crippen molar-refractivity contribution in [1.82, 2.24) is 10.6 Å². The van der Waals surface area contributed by atoms with Crippen LogP contribution in [0.5, 0.6) is 0 Å². The third-order valence-electron chi connectivity index (χ3n) is 2.64. The first kappa shape index (κ1) is 18.3. The maximum Gasteiger partial charge on any atom is 0.306 e. The number of hydrogen-bond acceptors (Lipinski definition) is 5. The molecule has 0 bridgehead atoms. The van der Waals surface area contributed by atoms with Gasteiger partial charge in [-0.3, -0.25) is 14.4 Å². The maximum absolute atomic E-state index is 11.5. The van der Waals surface area contributed by atoms with E-state index in [1.807, 2.05) is 0 Å². The minimum Gasteiger partial charge on any atom is -0.481 e. The van der Waals surface area contributed by atoms with E-state index in [0.717, 1.165) is 0 Å². The van der Waals surface area contributed by atoms with Gasteiger partial charge in [0.25, 0.3) is 0 Å². The summed E-state index contributed by atoms with van der Waals surface area (Å²) >= 11 is 0. The Labute approximate surface area is 117 Å². The summed E-state index contributed by atoms with van der Waals surface area (Å²) in [5.74, 6) is -2.18. The van der Waals surface area contributed by atoms with Crippen molar-refractivity contribution in [3.8, 4) is 0 Å². The first-order valence-corrected chi connectivity index (χ1v) is 6.29. The Bertz CT molecular complexity index is 368. The molecular formula is C12H23N3O5. The highest BCUT2D eigenvalue weighted by molar-refractivity contribution is 5.87. The Morgan fingerprint density at radius 3 is 2.25 bits per heavy atom. The van der Waals surface area contributed by atoms with Crippen LogP contribution in [0.4, 0.5) is 0 Å². The number of nitrogens with one attached hydrogen (secondary N) is 2. The van der Waals surface area contributed by atoms with Crippen molar-refractivity contribution in [2.45, 2.75) is 38.8 Å². The Kier molecular flexibility index (Phi) is 7.16. The zero-order valence-corrected chi connectivity index (χ0v) is 12.0. The highest BCUT2D eigenvalue weighted by atomic mass is 16.4. The van der Waals surface area contributed by atoms with Gasteiger partial charge >= 0.3 is 5.97 Å². The van der Waals surface area contributed by atoms with E-state index in [4.69, 9.17) is 10.8 Å². The van der Waals surface area contributed by atoms with E-state index in [1.54, 1.807) is 13.8 Å². The van der Waals surface area contributed by atoms with Gasteiger partial charge in [-0.05, 0) is 12.8 Å². The molecule has 0 aromatic heterocycles. The Hall–Kier alpha value is -1.67. The van der Waals surface area contributed by atoms with Crippen molar-refractivity contribution < 1.29 is 24.6 Å². The van der Waals surface area contributed by atoms with Crippen LogP contribution in [0.2, 0.25) is 0 Å². The summed E-state index contributed by atoms with van der Waals surface area (Å²) in [4.78, 5) is 33.4. The van der Waals surface area contributed by atoms with Gasteiger partial charge in [0.05, 0.1) is 24.6 Å². The second-order valence-corrected chi connectivity index (χ2v) is 5.33. The van der Waals surface area contributed by atoms with Crippen LogP contribution in [0.3, 0.4) is 0 Å². The number of carboxylic acid groups (broad SMARTS) is 1. The fraction of sp³-hybridized carbons (Fsp3) is 0.750. The summed E-state index contributed by atoms with van der Waals surface area (Å²) in [6, 6.07) is -0.696. The van der Waals surface area contributed by atoms with Gasteiger partial charge in [-0.1, -0.05) is 13.8 Å². The predicted molar refractivity (Wildman–Crippen MR) is 71.7 cm³/mol. The molecule has 0 aromatic carbocycles.